The van der Waals surface area contributed by atoms with Crippen LogP contribution in [0.25, 0.3) is 11.1 Å². The lowest BCUT2D eigenvalue weighted by molar-refractivity contribution is -0.145. The fourth-order valence-corrected chi connectivity index (χ4v) is 4.44. The van der Waals surface area contributed by atoms with Crippen LogP contribution in [0.4, 0.5) is 0 Å². The smallest absolute Gasteiger partial charge is 0.303 e. The first kappa shape index (κ1) is 19.2. The Kier molecular flexibility index (Phi) is 5.08. The summed E-state index contributed by atoms with van der Waals surface area (Å²) in [6.45, 7) is 7.33. The van der Waals surface area contributed by atoms with E-state index in [2.05, 4.69) is 84.7 Å². The van der Waals surface area contributed by atoms with E-state index in [0.717, 1.165) is 5.56 Å². The van der Waals surface area contributed by atoms with Crippen molar-refractivity contribution in [1.82, 2.24) is 5.32 Å². The van der Waals surface area contributed by atoms with Gasteiger partial charge in [-0.2, -0.15) is 0 Å². The normalized spacial score (nSPS) is 15.7. The van der Waals surface area contributed by atoms with E-state index in [1.54, 1.807) is 6.08 Å². The van der Waals surface area contributed by atoms with Crippen LogP contribution < -0.4 is 5.32 Å². The number of carbonyl (C=O) groups excluding carboxylic acids is 1. The molecule has 29 heavy (non-hydrogen) atoms. The predicted molar refractivity (Wildman–Crippen MR) is 117 cm³/mol. The van der Waals surface area contributed by atoms with Crippen molar-refractivity contribution >= 4 is 5.97 Å². The van der Waals surface area contributed by atoms with Crippen LogP contribution in [-0.2, 0) is 15.1 Å². The van der Waals surface area contributed by atoms with Gasteiger partial charge in [0.2, 0.25) is 0 Å². The molecule has 3 nitrogen and oxygen atoms in total. The summed E-state index contributed by atoms with van der Waals surface area (Å²) in [5, 5.41) is 3.83. The SMILES string of the molecule is C=C[C@@H](OC(C)=O)[C@H](C)NC1(c2ccccc2)c2ccccc2-c2ccccc21. The Labute approximate surface area is 172 Å². The van der Waals surface area contributed by atoms with Crippen LogP contribution >= 0.6 is 0 Å². The number of carbonyl (C=O) groups is 1. The van der Waals surface area contributed by atoms with Gasteiger partial charge in [0, 0.05) is 13.0 Å². The Bertz CT molecular complexity index is 996. The monoisotopic (exact) mass is 383 g/mol. The second-order valence-corrected chi connectivity index (χ2v) is 7.45. The van der Waals surface area contributed by atoms with E-state index >= 15 is 0 Å². The molecule has 3 aromatic rings. The molecule has 1 aliphatic rings. The average molecular weight is 383 g/mol. The van der Waals surface area contributed by atoms with E-state index in [4.69, 9.17) is 4.74 Å². The molecular formula is C26H25NO2. The zero-order valence-electron chi connectivity index (χ0n) is 16.8. The molecular weight excluding hydrogens is 358 g/mol. The van der Waals surface area contributed by atoms with Gasteiger partial charge >= 0.3 is 5.97 Å². The Hall–Kier alpha value is -3.17. The van der Waals surface area contributed by atoms with Gasteiger partial charge in [-0.15, -0.1) is 0 Å². The summed E-state index contributed by atoms with van der Waals surface area (Å²) < 4.78 is 5.51. The second kappa shape index (κ2) is 7.69. The molecule has 146 valence electrons. The highest BCUT2D eigenvalue weighted by Crippen LogP contribution is 2.51. The first-order chi connectivity index (χ1) is 14.1. The van der Waals surface area contributed by atoms with Crippen LogP contribution in [0.5, 0.6) is 0 Å². The Morgan fingerprint density at radius 2 is 1.45 bits per heavy atom. The summed E-state index contributed by atoms with van der Waals surface area (Å²) in [4.78, 5) is 11.6. The van der Waals surface area contributed by atoms with Crippen LogP contribution in [-0.4, -0.2) is 18.1 Å². The van der Waals surface area contributed by atoms with Crippen molar-refractivity contribution in [2.75, 3.05) is 0 Å². The Morgan fingerprint density at radius 1 is 0.931 bits per heavy atom. The number of esters is 1. The van der Waals surface area contributed by atoms with Crippen LogP contribution in [0.15, 0.2) is 91.5 Å². The number of hydrogen-bond acceptors (Lipinski definition) is 3. The quantitative estimate of drug-likeness (QED) is 0.478. The molecule has 1 aliphatic carbocycles. The van der Waals surface area contributed by atoms with Crippen LogP contribution in [0.3, 0.4) is 0 Å². The lowest BCUT2D eigenvalue weighted by Crippen LogP contribution is -2.52. The molecule has 0 aromatic heterocycles. The minimum absolute atomic E-state index is 0.157. The minimum Gasteiger partial charge on any atom is -0.457 e. The van der Waals surface area contributed by atoms with Gasteiger partial charge in [-0.25, -0.2) is 0 Å². The molecule has 0 bridgehead atoms. The fraction of sp³-hybridized carbons (Fsp3) is 0.192. The van der Waals surface area contributed by atoms with Crippen LogP contribution in [0.1, 0.15) is 30.5 Å². The van der Waals surface area contributed by atoms with Gasteiger partial charge in [-0.3, -0.25) is 10.1 Å². The molecule has 3 heteroatoms. The van der Waals surface area contributed by atoms with E-state index in [1.807, 2.05) is 13.0 Å². The molecule has 0 aliphatic heterocycles. The second-order valence-electron chi connectivity index (χ2n) is 7.45. The van der Waals surface area contributed by atoms with Crippen LogP contribution in [0, 0.1) is 0 Å². The molecule has 3 aromatic carbocycles. The maximum Gasteiger partial charge on any atom is 0.303 e. The van der Waals surface area contributed by atoms with Crippen molar-refractivity contribution in [3.63, 3.8) is 0 Å². The third-order valence-electron chi connectivity index (χ3n) is 5.63. The van der Waals surface area contributed by atoms with Crippen molar-refractivity contribution in [2.24, 2.45) is 0 Å². The van der Waals surface area contributed by atoms with Gasteiger partial charge < -0.3 is 4.74 Å². The predicted octanol–water partition coefficient (Wildman–Crippen LogP) is 5.05. The lowest BCUT2D eigenvalue weighted by atomic mass is 9.79. The van der Waals surface area contributed by atoms with Gasteiger partial charge in [-0.05, 0) is 40.8 Å². The number of nitrogens with one attached hydrogen (secondary N) is 1. The average Bonchev–Trinajstić information content (AvgIpc) is 3.03. The molecule has 4 rings (SSSR count). The van der Waals surface area contributed by atoms with E-state index in [9.17, 15) is 4.79 Å². The third-order valence-corrected chi connectivity index (χ3v) is 5.63. The summed E-state index contributed by atoms with van der Waals surface area (Å²) in [7, 11) is 0. The standard InChI is InChI=1S/C26H25NO2/c1-4-25(29-19(3)28)18(2)27-26(20-12-6-5-7-13-20)23-16-10-8-14-21(23)22-15-9-11-17-24(22)26/h4-18,25,27H,1H2,2-3H3/t18-,25+/m0/s1. The maximum atomic E-state index is 11.6. The summed E-state index contributed by atoms with van der Waals surface area (Å²) in [6.07, 6.45) is 1.25. The molecule has 2 atom stereocenters. The fourth-order valence-electron chi connectivity index (χ4n) is 4.44. The highest BCUT2D eigenvalue weighted by atomic mass is 16.5. The lowest BCUT2D eigenvalue weighted by Gasteiger charge is -2.38. The third kappa shape index (κ3) is 3.18. The number of rotatable bonds is 6. The van der Waals surface area contributed by atoms with Gasteiger partial charge in [0.05, 0.1) is 5.54 Å². The van der Waals surface area contributed by atoms with Crippen LogP contribution in [0.2, 0.25) is 0 Å². The summed E-state index contributed by atoms with van der Waals surface area (Å²) in [5.74, 6) is -0.315. The van der Waals surface area contributed by atoms with Crippen molar-refractivity contribution in [1.29, 1.82) is 0 Å². The van der Waals surface area contributed by atoms with Gasteiger partial charge in [0.25, 0.3) is 0 Å². The van der Waals surface area contributed by atoms with Gasteiger partial charge in [0.15, 0.2) is 0 Å². The molecule has 0 fully saturated rings. The van der Waals surface area contributed by atoms with E-state index < -0.39 is 11.6 Å². The Morgan fingerprint density at radius 3 is 1.97 bits per heavy atom. The molecule has 0 heterocycles. The zero-order chi connectivity index (χ0) is 20.4. The molecule has 0 saturated carbocycles. The number of fused-ring (bicyclic) bond motifs is 3. The van der Waals surface area contributed by atoms with Crippen molar-refractivity contribution in [2.45, 2.75) is 31.5 Å². The number of hydrogen-bond donors (Lipinski definition) is 1. The van der Waals surface area contributed by atoms with Gasteiger partial charge in [0.1, 0.15) is 6.10 Å². The summed E-state index contributed by atoms with van der Waals surface area (Å²) >= 11 is 0. The highest BCUT2D eigenvalue weighted by molar-refractivity contribution is 5.83. The first-order valence-electron chi connectivity index (χ1n) is 9.90. The van der Waals surface area contributed by atoms with E-state index in [1.165, 1.54) is 29.2 Å². The van der Waals surface area contributed by atoms with Crippen molar-refractivity contribution in [3.8, 4) is 11.1 Å². The van der Waals surface area contributed by atoms with E-state index in [0.29, 0.717) is 0 Å². The Balaban J connectivity index is 1.92. The topological polar surface area (TPSA) is 38.3 Å². The molecule has 0 amide bonds. The molecule has 1 N–H and O–H groups in total. The highest BCUT2D eigenvalue weighted by Gasteiger charge is 2.45. The molecule has 0 radical (unpaired) electrons. The van der Waals surface area contributed by atoms with Crippen molar-refractivity contribution < 1.29 is 9.53 Å². The number of benzene rings is 3. The largest absolute Gasteiger partial charge is 0.457 e. The number of ether oxygens (including phenoxy) is 1. The molecule has 0 unspecified atom stereocenters. The zero-order valence-corrected chi connectivity index (χ0v) is 16.8. The van der Waals surface area contributed by atoms with E-state index in [-0.39, 0.29) is 12.0 Å². The first-order valence-corrected chi connectivity index (χ1v) is 9.90. The van der Waals surface area contributed by atoms with Crippen molar-refractivity contribution in [3.05, 3.63) is 108 Å². The molecule has 0 saturated heterocycles. The molecule has 0 spiro atoms. The summed E-state index contributed by atoms with van der Waals surface area (Å²) in [6, 6.07) is 27.3. The van der Waals surface area contributed by atoms with Gasteiger partial charge in [-0.1, -0.05) is 85.4 Å². The minimum atomic E-state index is -0.546. The maximum absolute atomic E-state index is 11.6. The summed E-state index contributed by atoms with van der Waals surface area (Å²) in [5.41, 5.74) is 5.43.